The molecule has 0 fully saturated rings. The van der Waals surface area contributed by atoms with Crippen LogP contribution in [0.4, 0.5) is 0 Å². The molecule has 0 radical (unpaired) electrons. The van der Waals surface area contributed by atoms with E-state index in [1.807, 2.05) is 6.07 Å². The zero-order valence-electron chi connectivity index (χ0n) is 11.5. The number of rotatable bonds is 3. The molecule has 0 amide bonds. The summed E-state index contributed by atoms with van der Waals surface area (Å²) >= 11 is 0. The normalized spacial score (nSPS) is 11.4. The molecular weight excluding hydrogens is 224 g/mol. The van der Waals surface area contributed by atoms with E-state index < -0.39 is 0 Å². The maximum absolute atomic E-state index is 11.5. The van der Waals surface area contributed by atoms with E-state index in [0.29, 0.717) is 11.5 Å². The molecule has 2 rings (SSSR count). The maximum Gasteiger partial charge on any atom is 0.336 e. The third-order valence-electron chi connectivity index (χ3n) is 3.36. The van der Waals surface area contributed by atoms with Gasteiger partial charge in [0.25, 0.3) is 0 Å². The van der Waals surface area contributed by atoms with Crippen LogP contribution >= 0.6 is 0 Å². The number of fused-ring (bicyclic) bond motifs is 1. The van der Waals surface area contributed by atoms with Gasteiger partial charge in [-0.2, -0.15) is 0 Å². The van der Waals surface area contributed by atoms with Crippen molar-refractivity contribution in [1.29, 1.82) is 0 Å². The molecule has 0 atom stereocenters. The van der Waals surface area contributed by atoms with Crippen molar-refractivity contribution in [2.24, 2.45) is 0 Å². The Kier molecular flexibility index (Phi) is 3.55. The Morgan fingerprint density at radius 3 is 2.56 bits per heavy atom. The first-order valence-corrected chi connectivity index (χ1v) is 6.60. The second kappa shape index (κ2) is 4.97. The molecule has 0 aliphatic carbocycles. The first-order chi connectivity index (χ1) is 8.52. The van der Waals surface area contributed by atoms with Crippen molar-refractivity contribution in [3.8, 4) is 0 Å². The van der Waals surface area contributed by atoms with Gasteiger partial charge in [0, 0.05) is 11.5 Å². The molecule has 2 aromatic rings. The SMILES string of the molecule is CCCc1cc(=O)oc2cc(C)c(C(C)C)cc12. The second-order valence-electron chi connectivity index (χ2n) is 5.20. The predicted octanol–water partition coefficient (Wildman–Crippen LogP) is 4.18. The molecule has 0 aliphatic rings. The Balaban J connectivity index is 2.76. The number of benzene rings is 1. The van der Waals surface area contributed by atoms with Gasteiger partial charge in [-0.3, -0.25) is 0 Å². The molecule has 18 heavy (non-hydrogen) atoms. The van der Waals surface area contributed by atoms with Gasteiger partial charge in [-0.1, -0.05) is 27.2 Å². The monoisotopic (exact) mass is 244 g/mol. The molecule has 0 spiro atoms. The summed E-state index contributed by atoms with van der Waals surface area (Å²) in [5.74, 6) is 0.482. The Morgan fingerprint density at radius 1 is 1.22 bits per heavy atom. The van der Waals surface area contributed by atoms with Crippen LogP contribution < -0.4 is 5.63 Å². The molecule has 96 valence electrons. The minimum absolute atomic E-state index is 0.248. The standard InChI is InChI=1S/C16H20O2/c1-5-6-12-8-16(17)18-15-7-11(4)13(10(2)3)9-14(12)15/h7-10H,5-6H2,1-4H3. The lowest BCUT2D eigenvalue weighted by Gasteiger charge is -2.12. The van der Waals surface area contributed by atoms with Crippen molar-refractivity contribution in [3.63, 3.8) is 0 Å². The van der Waals surface area contributed by atoms with Crippen molar-refractivity contribution in [2.75, 3.05) is 0 Å². The lowest BCUT2D eigenvalue weighted by Crippen LogP contribution is -2.02. The van der Waals surface area contributed by atoms with Crippen molar-refractivity contribution < 1.29 is 4.42 Å². The van der Waals surface area contributed by atoms with Gasteiger partial charge in [0.15, 0.2) is 0 Å². The highest BCUT2D eigenvalue weighted by molar-refractivity contribution is 5.82. The molecule has 1 aromatic carbocycles. The molecule has 0 aliphatic heterocycles. The smallest absolute Gasteiger partial charge is 0.336 e. The lowest BCUT2D eigenvalue weighted by molar-refractivity contribution is 0.558. The van der Waals surface area contributed by atoms with Crippen LogP contribution in [0, 0.1) is 6.92 Å². The Morgan fingerprint density at radius 2 is 1.94 bits per heavy atom. The van der Waals surface area contributed by atoms with E-state index in [0.717, 1.165) is 23.8 Å². The summed E-state index contributed by atoms with van der Waals surface area (Å²) in [5, 5.41) is 1.09. The van der Waals surface area contributed by atoms with Crippen LogP contribution in [0.5, 0.6) is 0 Å². The number of hydrogen-bond acceptors (Lipinski definition) is 2. The number of hydrogen-bond donors (Lipinski definition) is 0. The van der Waals surface area contributed by atoms with E-state index in [-0.39, 0.29) is 5.63 Å². The molecular formula is C16H20O2. The van der Waals surface area contributed by atoms with Gasteiger partial charge in [-0.05, 0) is 48.1 Å². The van der Waals surface area contributed by atoms with Gasteiger partial charge >= 0.3 is 5.63 Å². The molecule has 2 heteroatoms. The van der Waals surface area contributed by atoms with E-state index in [9.17, 15) is 4.79 Å². The fraction of sp³-hybridized carbons (Fsp3) is 0.438. The van der Waals surface area contributed by atoms with E-state index in [2.05, 4.69) is 33.8 Å². The third kappa shape index (κ3) is 2.33. The van der Waals surface area contributed by atoms with Crippen LogP contribution in [0.2, 0.25) is 0 Å². The predicted molar refractivity (Wildman–Crippen MR) is 75.3 cm³/mol. The fourth-order valence-corrected chi connectivity index (χ4v) is 2.49. The van der Waals surface area contributed by atoms with E-state index in [1.165, 1.54) is 11.1 Å². The highest BCUT2D eigenvalue weighted by atomic mass is 16.4. The summed E-state index contributed by atoms with van der Waals surface area (Å²) in [6, 6.07) is 5.81. The molecule has 0 unspecified atom stereocenters. The Hall–Kier alpha value is -1.57. The van der Waals surface area contributed by atoms with Crippen LogP contribution in [0.3, 0.4) is 0 Å². The zero-order valence-corrected chi connectivity index (χ0v) is 11.5. The Bertz CT molecular complexity index is 621. The summed E-state index contributed by atoms with van der Waals surface area (Å²) in [4.78, 5) is 11.5. The minimum Gasteiger partial charge on any atom is -0.423 e. The average molecular weight is 244 g/mol. The van der Waals surface area contributed by atoms with Crippen molar-refractivity contribution >= 4 is 11.0 Å². The quantitative estimate of drug-likeness (QED) is 0.758. The zero-order chi connectivity index (χ0) is 13.3. The highest BCUT2D eigenvalue weighted by Gasteiger charge is 2.10. The molecule has 1 heterocycles. The summed E-state index contributed by atoms with van der Waals surface area (Å²) in [6.45, 7) is 8.57. The van der Waals surface area contributed by atoms with Crippen LogP contribution in [0.1, 0.15) is 49.8 Å². The van der Waals surface area contributed by atoms with Gasteiger partial charge in [0.2, 0.25) is 0 Å². The first-order valence-electron chi connectivity index (χ1n) is 6.60. The minimum atomic E-state index is -0.248. The summed E-state index contributed by atoms with van der Waals surface area (Å²) in [7, 11) is 0. The molecule has 1 aromatic heterocycles. The summed E-state index contributed by atoms with van der Waals surface area (Å²) < 4.78 is 5.31. The van der Waals surface area contributed by atoms with Gasteiger partial charge in [-0.15, -0.1) is 0 Å². The van der Waals surface area contributed by atoms with Crippen LogP contribution in [0.15, 0.2) is 27.4 Å². The molecule has 0 N–H and O–H groups in total. The Labute approximate surface area is 108 Å². The van der Waals surface area contributed by atoms with Gasteiger partial charge in [0.05, 0.1) is 0 Å². The summed E-state index contributed by atoms with van der Waals surface area (Å²) in [5.41, 5.74) is 4.09. The third-order valence-corrected chi connectivity index (χ3v) is 3.36. The molecule has 0 saturated carbocycles. The van der Waals surface area contributed by atoms with E-state index >= 15 is 0 Å². The van der Waals surface area contributed by atoms with Crippen molar-refractivity contribution in [3.05, 3.63) is 45.3 Å². The van der Waals surface area contributed by atoms with Crippen molar-refractivity contribution in [2.45, 2.75) is 46.5 Å². The van der Waals surface area contributed by atoms with E-state index in [1.54, 1.807) is 6.07 Å². The first kappa shape index (κ1) is 12.9. The van der Waals surface area contributed by atoms with Gasteiger partial charge < -0.3 is 4.42 Å². The van der Waals surface area contributed by atoms with Gasteiger partial charge in [0.1, 0.15) is 5.58 Å². The fourth-order valence-electron chi connectivity index (χ4n) is 2.49. The van der Waals surface area contributed by atoms with Crippen LogP contribution in [-0.2, 0) is 6.42 Å². The molecule has 0 bridgehead atoms. The summed E-state index contributed by atoms with van der Waals surface area (Å²) in [6.07, 6.45) is 1.95. The highest BCUT2D eigenvalue weighted by Crippen LogP contribution is 2.27. The van der Waals surface area contributed by atoms with Crippen molar-refractivity contribution in [1.82, 2.24) is 0 Å². The second-order valence-corrected chi connectivity index (χ2v) is 5.20. The lowest BCUT2D eigenvalue weighted by atomic mass is 9.94. The average Bonchev–Trinajstić information content (AvgIpc) is 2.27. The van der Waals surface area contributed by atoms with Crippen LogP contribution in [0.25, 0.3) is 11.0 Å². The molecule has 0 saturated heterocycles. The molecule has 2 nitrogen and oxygen atoms in total. The maximum atomic E-state index is 11.5. The van der Waals surface area contributed by atoms with E-state index in [4.69, 9.17) is 4.42 Å². The largest absolute Gasteiger partial charge is 0.423 e. The van der Waals surface area contributed by atoms with Crippen LogP contribution in [-0.4, -0.2) is 0 Å². The van der Waals surface area contributed by atoms with Gasteiger partial charge in [-0.25, -0.2) is 4.79 Å². The number of aryl methyl sites for hydroxylation is 2. The topological polar surface area (TPSA) is 30.2 Å².